The van der Waals surface area contributed by atoms with Crippen LogP contribution >= 0.6 is 0 Å². The summed E-state index contributed by atoms with van der Waals surface area (Å²) in [6.45, 7) is 5.00. The Morgan fingerprint density at radius 3 is 2.35 bits per heavy atom. The molecule has 0 unspecified atom stereocenters. The summed E-state index contributed by atoms with van der Waals surface area (Å²) in [6, 6.07) is -1.24. The summed E-state index contributed by atoms with van der Waals surface area (Å²) in [7, 11) is 0. The van der Waals surface area contributed by atoms with E-state index in [2.05, 4.69) is 5.32 Å². The summed E-state index contributed by atoms with van der Waals surface area (Å²) in [6.07, 6.45) is -0.338. The molecule has 1 atom stereocenters. The lowest BCUT2D eigenvalue weighted by Gasteiger charge is -2.22. The van der Waals surface area contributed by atoms with E-state index >= 15 is 0 Å². The molecule has 1 amide bonds. The number of amides is 1. The van der Waals surface area contributed by atoms with Crippen molar-refractivity contribution in [3.05, 3.63) is 0 Å². The molecule has 6 heteroatoms. The molecule has 1 fully saturated rings. The molecular formula is C11H18FNO4. The smallest absolute Gasteiger partial charge is 0.408 e. The molecule has 98 valence electrons. The van der Waals surface area contributed by atoms with E-state index in [4.69, 9.17) is 9.84 Å². The highest BCUT2D eigenvalue weighted by atomic mass is 19.1. The lowest BCUT2D eigenvalue weighted by atomic mass is 10.1. The van der Waals surface area contributed by atoms with Crippen LogP contribution in [0.5, 0.6) is 0 Å². The monoisotopic (exact) mass is 247 g/mol. The van der Waals surface area contributed by atoms with E-state index in [1.807, 2.05) is 0 Å². The van der Waals surface area contributed by atoms with Crippen molar-refractivity contribution in [1.29, 1.82) is 0 Å². The first kappa shape index (κ1) is 13.7. The number of hydrogen-bond donors (Lipinski definition) is 2. The van der Waals surface area contributed by atoms with Gasteiger partial charge in [-0.05, 0) is 33.6 Å². The van der Waals surface area contributed by atoms with Gasteiger partial charge in [0.05, 0.1) is 0 Å². The van der Waals surface area contributed by atoms with Crippen LogP contribution in [-0.4, -0.2) is 34.5 Å². The van der Waals surface area contributed by atoms with Gasteiger partial charge in [0.25, 0.3) is 0 Å². The van der Waals surface area contributed by atoms with Crippen molar-refractivity contribution in [2.45, 2.75) is 57.3 Å². The Morgan fingerprint density at radius 1 is 1.47 bits per heavy atom. The fourth-order valence-electron chi connectivity index (χ4n) is 1.36. The SMILES string of the molecule is CC(C)(C)OC(=O)N[C@H](CC1(F)CC1)C(=O)O. The lowest BCUT2D eigenvalue weighted by molar-refractivity contribution is -0.140. The van der Waals surface area contributed by atoms with Crippen LogP contribution in [-0.2, 0) is 9.53 Å². The molecule has 0 aromatic carbocycles. The van der Waals surface area contributed by atoms with E-state index in [1.54, 1.807) is 20.8 Å². The average Bonchev–Trinajstić information content (AvgIpc) is 2.78. The minimum absolute atomic E-state index is 0.207. The number of alkyl halides is 1. The average molecular weight is 247 g/mol. The Bertz CT molecular complexity index is 320. The van der Waals surface area contributed by atoms with E-state index in [0.29, 0.717) is 12.8 Å². The van der Waals surface area contributed by atoms with Crippen LogP contribution in [0.3, 0.4) is 0 Å². The van der Waals surface area contributed by atoms with Crippen molar-refractivity contribution in [2.75, 3.05) is 0 Å². The minimum atomic E-state index is -1.43. The van der Waals surface area contributed by atoms with E-state index in [9.17, 15) is 14.0 Å². The van der Waals surface area contributed by atoms with Crippen molar-refractivity contribution in [3.8, 4) is 0 Å². The molecule has 2 N–H and O–H groups in total. The molecule has 0 radical (unpaired) electrons. The zero-order valence-corrected chi connectivity index (χ0v) is 10.2. The first-order valence-electron chi connectivity index (χ1n) is 5.53. The van der Waals surface area contributed by atoms with Gasteiger partial charge in [0, 0.05) is 6.42 Å². The van der Waals surface area contributed by atoms with Crippen molar-refractivity contribution >= 4 is 12.1 Å². The summed E-state index contributed by atoms with van der Waals surface area (Å²) in [5, 5.41) is 11.0. The normalized spacial score (nSPS) is 19.3. The summed E-state index contributed by atoms with van der Waals surface area (Å²) < 4.78 is 18.4. The zero-order valence-electron chi connectivity index (χ0n) is 10.2. The molecule has 0 heterocycles. The number of aliphatic carboxylic acids is 1. The predicted octanol–water partition coefficient (Wildman–Crippen LogP) is 1.86. The predicted molar refractivity (Wildman–Crippen MR) is 58.5 cm³/mol. The number of rotatable bonds is 4. The Balaban J connectivity index is 2.49. The maximum atomic E-state index is 13.4. The molecule has 0 aromatic rings. The zero-order chi connectivity index (χ0) is 13.3. The summed E-state index contributed by atoms with van der Waals surface area (Å²) in [4.78, 5) is 22.2. The van der Waals surface area contributed by atoms with Crippen molar-refractivity contribution in [2.24, 2.45) is 0 Å². The number of carbonyl (C=O) groups is 2. The first-order chi connectivity index (χ1) is 7.61. The number of ether oxygens (including phenoxy) is 1. The number of halogens is 1. The van der Waals surface area contributed by atoms with Gasteiger partial charge in [-0.2, -0.15) is 0 Å². The van der Waals surface area contributed by atoms with Crippen molar-refractivity contribution in [1.82, 2.24) is 5.32 Å². The number of carboxylic acids is 1. The second-order valence-electron chi connectivity index (χ2n) is 5.39. The fourth-order valence-corrected chi connectivity index (χ4v) is 1.36. The largest absolute Gasteiger partial charge is 0.480 e. The topological polar surface area (TPSA) is 75.6 Å². The van der Waals surface area contributed by atoms with Crippen LogP contribution in [0.1, 0.15) is 40.0 Å². The number of carboxylic acid groups (broad SMARTS) is 1. The Hall–Kier alpha value is -1.33. The van der Waals surface area contributed by atoms with E-state index in [1.165, 1.54) is 0 Å². The third kappa shape index (κ3) is 5.01. The molecule has 1 rings (SSSR count). The van der Waals surface area contributed by atoms with E-state index < -0.39 is 29.4 Å². The van der Waals surface area contributed by atoms with Gasteiger partial charge >= 0.3 is 12.1 Å². The summed E-state index contributed by atoms with van der Waals surface area (Å²) >= 11 is 0. The maximum absolute atomic E-state index is 13.4. The van der Waals surface area contributed by atoms with Gasteiger partial charge in [-0.1, -0.05) is 0 Å². The Morgan fingerprint density at radius 2 is 2.00 bits per heavy atom. The van der Waals surface area contributed by atoms with Crippen molar-refractivity contribution < 1.29 is 23.8 Å². The fraction of sp³-hybridized carbons (Fsp3) is 0.818. The molecule has 0 spiro atoms. The van der Waals surface area contributed by atoms with Crippen LogP contribution in [0.15, 0.2) is 0 Å². The van der Waals surface area contributed by atoms with Gasteiger partial charge in [-0.15, -0.1) is 0 Å². The number of alkyl carbamates (subject to hydrolysis) is 1. The van der Waals surface area contributed by atoms with Crippen molar-refractivity contribution in [3.63, 3.8) is 0 Å². The standard InChI is InChI=1S/C11H18FNO4/c1-10(2,3)17-9(16)13-7(8(14)15)6-11(12)4-5-11/h7H,4-6H2,1-3H3,(H,13,16)(H,14,15)/t7-/m1/s1. The van der Waals surface area contributed by atoms with Crippen LogP contribution in [0.25, 0.3) is 0 Å². The van der Waals surface area contributed by atoms with E-state index in [-0.39, 0.29) is 6.42 Å². The maximum Gasteiger partial charge on any atom is 0.408 e. The van der Waals surface area contributed by atoms with Crippen LogP contribution < -0.4 is 5.32 Å². The third-order valence-corrected chi connectivity index (χ3v) is 2.35. The Kier molecular flexibility index (Phi) is 3.64. The van der Waals surface area contributed by atoms with Crippen LogP contribution in [0.4, 0.5) is 9.18 Å². The van der Waals surface area contributed by atoms with Gasteiger partial charge in [0.2, 0.25) is 0 Å². The molecule has 0 aromatic heterocycles. The highest BCUT2D eigenvalue weighted by Gasteiger charge is 2.46. The number of carbonyl (C=O) groups excluding carboxylic acids is 1. The number of hydrogen-bond acceptors (Lipinski definition) is 3. The molecule has 0 bridgehead atoms. The second-order valence-corrected chi connectivity index (χ2v) is 5.39. The molecular weight excluding hydrogens is 229 g/mol. The van der Waals surface area contributed by atoms with E-state index in [0.717, 1.165) is 0 Å². The second kappa shape index (κ2) is 4.50. The lowest BCUT2D eigenvalue weighted by Crippen LogP contribution is -2.45. The highest BCUT2D eigenvalue weighted by Crippen LogP contribution is 2.43. The van der Waals surface area contributed by atoms with Gasteiger partial charge in [0.15, 0.2) is 0 Å². The molecule has 0 aliphatic heterocycles. The van der Waals surface area contributed by atoms with Gasteiger partial charge in [-0.25, -0.2) is 14.0 Å². The molecule has 1 aliphatic carbocycles. The van der Waals surface area contributed by atoms with Gasteiger partial charge in [0.1, 0.15) is 17.3 Å². The van der Waals surface area contributed by atoms with Crippen LogP contribution in [0, 0.1) is 0 Å². The quantitative estimate of drug-likeness (QED) is 0.795. The molecule has 5 nitrogen and oxygen atoms in total. The highest BCUT2D eigenvalue weighted by molar-refractivity contribution is 5.80. The van der Waals surface area contributed by atoms with Crippen LogP contribution in [0.2, 0.25) is 0 Å². The molecule has 1 aliphatic rings. The van der Waals surface area contributed by atoms with Gasteiger partial charge in [-0.3, -0.25) is 0 Å². The molecule has 1 saturated carbocycles. The Labute approximate surface area is 99.3 Å². The van der Waals surface area contributed by atoms with Gasteiger partial charge < -0.3 is 15.2 Å². The number of nitrogens with one attached hydrogen (secondary N) is 1. The summed E-state index contributed by atoms with van der Waals surface area (Å²) in [5.74, 6) is -1.25. The minimum Gasteiger partial charge on any atom is -0.480 e. The molecule has 0 saturated heterocycles. The molecule has 17 heavy (non-hydrogen) atoms. The first-order valence-corrected chi connectivity index (χ1v) is 5.53. The summed E-state index contributed by atoms with van der Waals surface area (Å²) in [5.41, 5.74) is -2.14. The third-order valence-electron chi connectivity index (χ3n) is 2.35.